The second-order valence-corrected chi connectivity index (χ2v) is 5.12. The molecular formula is C9H13BrN2OS. The largest absolute Gasteiger partial charge is 0.349 e. The van der Waals surface area contributed by atoms with Crippen molar-refractivity contribution in [1.82, 2.24) is 4.90 Å². The van der Waals surface area contributed by atoms with Crippen LogP contribution in [-0.4, -0.2) is 24.9 Å². The second-order valence-electron chi connectivity index (χ2n) is 3.27. The Kier molecular flexibility index (Phi) is 4.10. The Morgan fingerprint density at radius 1 is 1.71 bits per heavy atom. The van der Waals surface area contributed by atoms with Gasteiger partial charge in [-0.15, -0.1) is 11.3 Å². The lowest BCUT2D eigenvalue weighted by Crippen LogP contribution is -2.26. The number of hydrogen-bond donors (Lipinski definition) is 1. The molecule has 78 valence electrons. The summed E-state index contributed by atoms with van der Waals surface area (Å²) in [6.45, 7) is 0. The number of nitrogens with zero attached hydrogens (tertiary/aromatic N) is 1. The van der Waals surface area contributed by atoms with E-state index in [0.717, 1.165) is 9.35 Å². The van der Waals surface area contributed by atoms with Gasteiger partial charge in [-0.25, -0.2) is 0 Å². The number of thiophene rings is 1. The van der Waals surface area contributed by atoms with Crippen molar-refractivity contribution in [2.75, 3.05) is 14.1 Å². The lowest BCUT2D eigenvalue weighted by molar-refractivity contribution is -0.129. The smallest absolute Gasteiger partial charge is 0.223 e. The van der Waals surface area contributed by atoms with Crippen LogP contribution in [0, 0.1) is 0 Å². The molecule has 1 rings (SSSR count). The minimum atomic E-state index is -0.193. The zero-order valence-electron chi connectivity index (χ0n) is 8.16. The predicted molar refractivity (Wildman–Crippen MR) is 62.3 cm³/mol. The summed E-state index contributed by atoms with van der Waals surface area (Å²) >= 11 is 4.92. The van der Waals surface area contributed by atoms with Crippen molar-refractivity contribution in [2.24, 2.45) is 5.73 Å². The lowest BCUT2D eigenvalue weighted by atomic mass is 10.2. The molecule has 1 aromatic rings. The molecule has 0 aliphatic rings. The molecule has 0 aliphatic heterocycles. The first-order chi connectivity index (χ1) is 6.50. The third-order valence-electron chi connectivity index (χ3n) is 1.85. The zero-order valence-corrected chi connectivity index (χ0v) is 10.6. The number of hydrogen-bond acceptors (Lipinski definition) is 3. The van der Waals surface area contributed by atoms with Crippen molar-refractivity contribution in [3.8, 4) is 0 Å². The topological polar surface area (TPSA) is 46.3 Å². The Bertz CT molecular complexity index is 324. The number of rotatable bonds is 3. The van der Waals surface area contributed by atoms with Gasteiger partial charge in [0.25, 0.3) is 0 Å². The van der Waals surface area contributed by atoms with Crippen LogP contribution in [0.4, 0.5) is 0 Å². The number of halogens is 1. The van der Waals surface area contributed by atoms with Gasteiger partial charge < -0.3 is 10.6 Å². The molecule has 0 aromatic carbocycles. The Labute approximate surface area is 96.0 Å². The van der Waals surface area contributed by atoms with Crippen molar-refractivity contribution in [1.29, 1.82) is 0 Å². The van der Waals surface area contributed by atoms with E-state index >= 15 is 0 Å². The molecule has 5 heteroatoms. The molecule has 1 amide bonds. The SMILES string of the molecule is CN(C)C(=O)CC(N)c1cc(Br)cs1. The van der Waals surface area contributed by atoms with E-state index in [1.165, 1.54) is 0 Å². The van der Waals surface area contributed by atoms with Crippen LogP contribution in [0.5, 0.6) is 0 Å². The molecule has 1 heterocycles. The molecule has 0 radical (unpaired) electrons. The van der Waals surface area contributed by atoms with E-state index in [1.54, 1.807) is 30.3 Å². The summed E-state index contributed by atoms with van der Waals surface area (Å²) in [5.41, 5.74) is 5.89. The maximum absolute atomic E-state index is 11.4. The van der Waals surface area contributed by atoms with Gasteiger partial charge in [0, 0.05) is 41.3 Å². The molecular weight excluding hydrogens is 264 g/mol. The van der Waals surface area contributed by atoms with Crippen LogP contribution < -0.4 is 5.73 Å². The molecule has 1 aromatic heterocycles. The molecule has 2 N–H and O–H groups in total. The van der Waals surface area contributed by atoms with Crippen molar-refractivity contribution < 1.29 is 4.79 Å². The molecule has 14 heavy (non-hydrogen) atoms. The van der Waals surface area contributed by atoms with Gasteiger partial charge in [0.15, 0.2) is 0 Å². The molecule has 0 bridgehead atoms. The van der Waals surface area contributed by atoms with Gasteiger partial charge in [0.2, 0.25) is 5.91 Å². The fourth-order valence-electron chi connectivity index (χ4n) is 0.994. The standard InChI is InChI=1S/C9H13BrN2OS/c1-12(2)9(13)4-7(11)8-3-6(10)5-14-8/h3,5,7H,4,11H2,1-2H3. The van der Waals surface area contributed by atoms with E-state index in [-0.39, 0.29) is 11.9 Å². The van der Waals surface area contributed by atoms with Crippen molar-refractivity contribution in [2.45, 2.75) is 12.5 Å². The summed E-state index contributed by atoms with van der Waals surface area (Å²) in [5.74, 6) is 0.0574. The lowest BCUT2D eigenvalue weighted by Gasteiger charge is -2.13. The minimum absolute atomic E-state index is 0.0574. The van der Waals surface area contributed by atoms with Crippen molar-refractivity contribution >= 4 is 33.2 Å². The Morgan fingerprint density at radius 3 is 2.79 bits per heavy atom. The van der Waals surface area contributed by atoms with Crippen molar-refractivity contribution in [3.63, 3.8) is 0 Å². The van der Waals surface area contributed by atoms with Gasteiger partial charge in [0.1, 0.15) is 0 Å². The van der Waals surface area contributed by atoms with Gasteiger partial charge in [-0.2, -0.15) is 0 Å². The quantitative estimate of drug-likeness (QED) is 0.918. The highest BCUT2D eigenvalue weighted by molar-refractivity contribution is 9.10. The zero-order chi connectivity index (χ0) is 10.7. The molecule has 0 aliphatic carbocycles. The predicted octanol–water partition coefficient (Wildman–Crippen LogP) is 1.99. The van der Waals surface area contributed by atoms with Crippen LogP contribution in [0.1, 0.15) is 17.3 Å². The van der Waals surface area contributed by atoms with Crippen LogP contribution in [0.3, 0.4) is 0 Å². The van der Waals surface area contributed by atoms with Gasteiger partial charge >= 0.3 is 0 Å². The highest BCUT2D eigenvalue weighted by atomic mass is 79.9. The summed E-state index contributed by atoms with van der Waals surface area (Å²) in [5, 5.41) is 1.97. The van der Waals surface area contributed by atoms with E-state index in [0.29, 0.717) is 6.42 Å². The molecule has 3 nitrogen and oxygen atoms in total. The molecule has 0 fully saturated rings. The molecule has 0 saturated carbocycles. The third-order valence-corrected chi connectivity index (χ3v) is 3.67. The third kappa shape index (κ3) is 3.08. The van der Waals surface area contributed by atoms with E-state index < -0.39 is 0 Å². The average Bonchev–Trinajstić information content (AvgIpc) is 2.51. The van der Waals surface area contributed by atoms with Gasteiger partial charge in [0.05, 0.1) is 0 Å². The van der Waals surface area contributed by atoms with Gasteiger partial charge in [-0.3, -0.25) is 4.79 Å². The highest BCUT2D eigenvalue weighted by Crippen LogP contribution is 2.26. The summed E-state index contributed by atoms with van der Waals surface area (Å²) < 4.78 is 1.02. The first-order valence-corrected chi connectivity index (χ1v) is 5.87. The summed E-state index contributed by atoms with van der Waals surface area (Å²) in [6, 6.07) is 1.76. The Morgan fingerprint density at radius 2 is 2.36 bits per heavy atom. The fourth-order valence-corrected chi connectivity index (χ4v) is 2.44. The van der Waals surface area contributed by atoms with Crippen LogP contribution >= 0.6 is 27.3 Å². The Hall–Kier alpha value is -0.390. The first kappa shape index (κ1) is 11.7. The molecule has 1 atom stereocenters. The summed E-state index contributed by atoms with van der Waals surface area (Å²) in [6.07, 6.45) is 0.361. The van der Waals surface area contributed by atoms with Crippen LogP contribution in [0.15, 0.2) is 15.9 Å². The minimum Gasteiger partial charge on any atom is -0.349 e. The monoisotopic (exact) mass is 276 g/mol. The second kappa shape index (κ2) is 4.91. The van der Waals surface area contributed by atoms with Gasteiger partial charge in [-0.05, 0) is 22.0 Å². The fraction of sp³-hybridized carbons (Fsp3) is 0.444. The summed E-state index contributed by atoms with van der Waals surface area (Å²) in [4.78, 5) is 14.0. The molecule has 0 saturated heterocycles. The van der Waals surface area contributed by atoms with E-state index in [4.69, 9.17) is 5.73 Å². The number of amides is 1. The van der Waals surface area contributed by atoms with Crippen LogP contribution in [-0.2, 0) is 4.79 Å². The molecule has 0 spiro atoms. The van der Waals surface area contributed by atoms with E-state index in [1.807, 2.05) is 11.4 Å². The first-order valence-electron chi connectivity index (χ1n) is 4.20. The number of carbonyl (C=O) groups excluding carboxylic acids is 1. The average molecular weight is 277 g/mol. The Balaban J connectivity index is 2.59. The van der Waals surface area contributed by atoms with Crippen molar-refractivity contribution in [3.05, 3.63) is 20.8 Å². The molecule has 1 unspecified atom stereocenters. The van der Waals surface area contributed by atoms with Crippen LogP contribution in [0.25, 0.3) is 0 Å². The maximum Gasteiger partial charge on any atom is 0.223 e. The van der Waals surface area contributed by atoms with Crippen LogP contribution in [0.2, 0.25) is 0 Å². The van der Waals surface area contributed by atoms with Gasteiger partial charge in [-0.1, -0.05) is 0 Å². The highest BCUT2D eigenvalue weighted by Gasteiger charge is 2.14. The number of nitrogens with two attached hydrogens (primary N) is 1. The summed E-state index contributed by atoms with van der Waals surface area (Å²) in [7, 11) is 3.47. The normalized spacial score (nSPS) is 12.6. The van der Waals surface area contributed by atoms with E-state index in [2.05, 4.69) is 15.9 Å². The van der Waals surface area contributed by atoms with E-state index in [9.17, 15) is 4.79 Å². The maximum atomic E-state index is 11.4. The number of carbonyl (C=O) groups is 1.